The van der Waals surface area contributed by atoms with E-state index in [-0.39, 0.29) is 22.3 Å². The van der Waals surface area contributed by atoms with Gasteiger partial charge in [-0.2, -0.15) is 0 Å². The molecular weight excluding hydrogens is 269 g/mol. The molecule has 0 fully saturated rings. The van der Waals surface area contributed by atoms with Gasteiger partial charge < -0.3 is 15.2 Å². The average molecular weight is 299 g/mol. The normalized spacial score (nSPS) is 14.3. The molecule has 0 N–H and O–H groups in total. The van der Waals surface area contributed by atoms with Gasteiger partial charge in [0.2, 0.25) is 0 Å². The molecule has 111 valence electrons. The van der Waals surface area contributed by atoms with Crippen molar-refractivity contribution in [2.24, 2.45) is 4.99 Å². The van der Waals surface area contributed by atoms with Crippen LogP contribution in [0.2, 0.25) is 0 Å². The van der Waals surface area contributed by atoms with Crippen molar-refractivity contribution >= 4 is 5.84 Å². The van der Waals surface area contributed by atoms with Gasteiger partial charge in [-0.3, -0.25) is 0 Å². The number of hydrogen-bond donors (Lipinski definition) is 0. The van der Waals surface area contributed by atoms with E-state index in [9.17, 15) is 0 Å². The second-order valence-electron chi connectivity index (χ2n) is 5.46. The summed E-state index contributed by atoms with van der Waals surface area (Å²) in [6, 6.07) is 0.502. The molecule has 18 heavy (non-hydrogen) atoms. The number of rotatable bonds is 6. The molecule has 0 aliphatic rings. The van der Waals surface area contributed by atoms with E-state index < -0.39 is 0 Å². The van der Waals surface area contributed by atoms with Crippen LogP contribution in [-0.2, 0) is 16.8 Å². The minimum Gasteiger partial charge on any atom is -0.468 e. The summed E-state index contributed by atoms with van der Waals surface area (Å²) in [6.07, 6.45) is 0.919. The summed E-state index contributed by atoms with van der Waals surface area (Å²) in [7, 11) is 0. The van der Waals surface area contributed by atoms with Gasteiger partial charge >= 0.3 is 0 Å². The monoisotopic (exact) mass is 299 g/mol. The van der Waals surface area contributed by atoms with E-state index in [1.54, 1.807) is 0 Å². The minimum atomic E-state index is -0.0206. The molecule has 0 heterocycles. The number of likely N-dealkylation sites (N-methyl/N-ethyl adjacent to an activating group) is 1. The first-order valence-electron chi connectivity index (χ1n) is 6.84. The van der Waals surface area contributed by atoms with E-state index in [0.29, 0.717) is 6.04 Å². The van der Waals surface area contributed by atoms with E-state index in [1.807, 2.05) is 0 Å². The Labute approximate surface area is 124 Å². The molecule has 0 aliphatic heterocycles. The molecular formula is C14H30CoN3-. The largest absolute Gasteiger partial charge is 0.468 e. The van der Waals surface area contributed by atoms with Crippen molar-refractivity contribution in [2.45, 2.75) is 66.5 Å². The SMILES string of the molecule is CCC(=NC(C)(C)C)[N-]CC(C)N(CC)CC.[Co]. The van der Waals surface area contributed by atoms with E-state index in [4.69, 9.17) is 0 Å². The Bertz CT molecular complexity index is 230. The molecule has 0 saturated carbocycles. The molecule has 0 bridgehead atoms. The van der Waals surface area contributed by atoms with Gasteiger partial charge in [0.15, 0.2) is 0 Å². The van der Waals surface area contributed by atoms with Gasteiger partial charge in [0.25, 0.3) is 0 Å². The van der Waals surface area contributed by atoms with Crippen LogP contribution < -0.4 is 0 Å². The molecule has 3 nitrogen and oxygen atoms in total. The standard InChI is InChI=1S/C14H30N3.Co/c1-8-13(16-14(5,6)7)15-11-12(4)17(9-2)10-3;/h12H,8-11H2,1-7H3;/q-1;. The van der Waals surface area contributed by atoms with E-state index in [0.717, 1.165) is 31.9 Å². The van der Waals surface area contributed by atoms with Crippen molar-refractivity contribution in [3.05, 3.63) is 5.32 Å². The van der Waals surface area contributed by atoms with Crippen LogP contribution in [0.3, 0.4) is 0 Å². The van der Waals surface area contributed by atoms with Gasteiger partial charge in [-0.05, 0) is 38.5 Å². The van der Waals surface area contributed by atoms with E-state index >= 15 is 0 Å². The third kappa shape index (κ3) is 8.95. The maximum atomic E-state index is 4.65. The van der Waals surface area contributed by atoms with E-state index in [2.05, 4.69) is 63.7 Å². The predicted octanol–water partition coefficient (Wildman–Crippen LogP) is 3.69. The van der Waals surface area contributed by atoms with Gasteiger partial charge in [0, 0.05) is 22.8 Å². The number of aliphatic imine (C=N–C) groups is 1. The van der Waals surface area contributed by atoms with Gasteiger partial charge in [0.1, 0.15) is 0 Å². The molecule has 0 amide bonds. The summed E-state index contributed by atoms with van der Waals surface area (Å²) in [4.78, 5) is 7.07. The molecule has 0 aromatic heterocycles. The summed E-state index contributed by atoms with van der Waals surface area (Å²) < 4.78 is 0. The Balaban J connectivity index is 0. The van der Waals surface area contributed by atoms with Crippen LogP contribution >= 0.6 is 0 Å². The van der Waals surface area contributed by atoms with Crippen molar-refractivity contribution < 1.29 is 16.8 Å². The fraction of sp³-hybridized carbons (Fsp3) is 0.929. The molecule has 1 unspecified atom stereocenters. The maximum Gasteiger partial charge on any atom is 0.00597 e. The summed E-state index contributed by atoms with van der Waals surface area (Å²) in [6.45, 7) is 18.1. The van der Waals surface area contributed by atoms with Crippen molar-refractivity contribution in [2.75, 3.05) is 19.6 Å². The molecule has 0 rings (SSSR count). The summed E-state index contributed by atoms with van der Waals surface area (Å²) in [5.74, 6) is 0.997. The molecule has 1 atom stereocenters. The summed E-state index contributed by atoms with van der Waals surface area (Å²) >= 11 is 0. The topological polar surface area (TPSA) is 29.7 Å². The van der Waals surface area contributed by atoms with Crippen LogP contribution in [0.15, 0.2) is 4.99 Å². The Morgan fingerprint density at radius 2 is 1.67 bits per heavy atom. The quantitative estimate of drug-likeness (QED) is 0.543. The first kappa shape index (κ1) is 20.3. The molecule has 0 aromatic carbocycles. The van der Waals surface area contributed by atoms with Gasteiger partial charge in [0.05, 0.1) is 0 Å². The zero-order valence-corrected chi connectivity index (χ0v) is 14.1. The van der Waals surface area contributed by atoms with Crippen molar-refractivity contribution in [3.63, 3.8) is 0 Å². The first-order chi connectivity index (χ1) is 7.84. The number of nitrogens with zero attached hydrogens (tertiary/aromatic N) is 3. The zero-order chi connectivity index (χ0) is 13.5. The van der Waals surface area contributed by atoms with Crippen LogP contribution in [0.4, 0.5) is 0 Å². The van der Waals surface area contributed by atoms with Crippen LogP contribution in [0.1, 0.15) is 54.9 Å². The number of amidine groups is 1. The fourth-order valence-electron chi connectivity index (χ4n) is 1.81. The van der Waals surface area contributed by atoms with Gasteiger partial charge in [-0.1, -0.05) is 47.4 Å². The summed E-state index contributed by atoms with van der Waals surface area (Å²) in [5, 5.41) is 4.65. The minimum absolute atomic E-state index is 0. The molecule has 0 aromatic rings. The third-order valence-corrected chi connectivity index (χ3v) is 2.75. The van der Waals surface area contributed by atoms with Crippen LogP contribution in [0, 0.1) is 0 Å². The number of hydrogen-bond acceptors (Lipinski definition) is 2. The van der Waals surface area contributed by atoms with Crippen LogP contribution in [-0.4, -0.2) is 42.0 Å². The Hall–Kier alpha value is -0.0635. The third-order valence-electron chi connectivity index (χ3n) is 2.75. The first-order valence-corrected chi connectivity index (χ1v) is 6.84. The van der Waals surface area contributed by atoms with Gasteiger partial charge in [-0.25, -0.2) is 0 Å². The molecule has 4 heteroatoms. The predicted molar refractivity (Wildman–Crippen MR) is 78.1 cm³/mol. The molecule has 1 radical (unpaired) electrons. The van der Waals surface area contributed by atoms with Crippen LogP contribution in [0.5, 0.6) is 0 Å². The average Bonchev–Trinajstić information content (AvgIpc) is 2.24. The van der Waals surface area contributed by atoms with Crippen molar-refractivity contribution in [3.8, 4) is 0 Å². The maximum absolute atomic E-state index is 4.65. The molecule has 0 aliphatic carbocycles. The Morgan fingerprint density at radius 3 is 2.00 bits per heavy atom. The van der Waals surface area contributed by atoms with Crippen LogP contribution in [0.25, 0.3) is 5.32 Å². The second-order valence-corrected chi connectivity index (χ2v) is 5.46. The van der Waals surface area contributed by atoms with E-state index in [1.165, 1.54) is 0 Å². The fourth-order valence-corrected chi connectivity index (χ4v) is 1.81. The van der Waals surface area contributed by atoms with Crippen molar-refractivity contribution in [1.82, 2.24) is 4.90 Å². The molecule has 0 saturated heterocycles. The Morgan fingerprint density at radius 1 is 1.17 bits per heavy atom. The zero-order valence-electron chi connectivity index (χ0n) is 13.1. The smallest absolute Gasteiger partial charge is 0.00597 e. The van der Waals surface area contributed by atoms with Gasteiger partial charge in [-0.15, -0.1) is 0 Å². The second kappa shape index (κ2) is 9.81. The van der Waals surface area contributed by atoms with Crippen molar-refractivity contribution in [1.29, 1.82) is 0 Å². The molecule has 0 spiro atoms. The Kier molecular flexibility index (Phi) is 11.0. The summed E-state index contributed by atoms with van der Waals surface area (Å²) in [5.41, 5.74) is -0.0206.